The van der Waals surface area contributed by atoms with Crippen LogP contribution in [-0.2, 0) is 6.42 Å². The molecule has 0 aliphatic carbocycles. The molecule has 0 aliphatic heterocycles. The zero-order valence-electron chi connectivity index (χ0n) is 11.7. The maximum atomic E-state index is 11.9. The molecule has 0 heterocycles. The lowest BCUT2D eigenvalue weighted by Gasteiger charge is -2.18. The molecule has 1 aromatic carbocycles. The SMILES string of the molecule is C=C[Si](C)(C)c1ccc(CCCCNC(=O)F)cc1. The van der Waals surface area contributed by atoms with Gasteiger partial charge < -0.3 is 5.32 Å². The predicted octanol–water partition coefficient (Wildman–Crippen LogP) is 3.33. The van der Waals surface area contributed by atoms with Crippen LogP contribution in [0.5, 0.6) is 0 Å². The highest BCUT2D eigenvalue weighted by molar-refractivity contribution is 6.93. The third-order valence-electron chi connectivity index (χ3n) is 3.36. The van der Waals surface area contributed by atoms with E-state index in [4.69, 9.17) is 0 Å². The summed E-state index contributed by atoms with van der Waals surface area (Å²) in [5, 5.41) is 3.54. The van der Waals surface area contributed by atoms with Gasteiger partial charge in [0.25, 0.3) is 0 Å². The lowest BCUT2D eigenvalue weighted by molar-refractivity contribution is 0.221. The number of hydrogen-bond donors (Lipinski definition) is 1. The van der Waals surface area contributed by atoms with E-state index in [1.165, 1.54) is 10.8 Å². The third kappa shape index (κ3) is 5.38. The number of aryl methyl sites for hydroxylation is 1. The lowest BCUT2D eigenvalue weighted by atomic mass is 10.1. The summed E-state index contributed by atoms with van der Waals surface area (Å²) in [6, 6.07) is 8.68. The number of hydrogen-bond acceptors (Lipinski definition) is 1. The van der Waals surface area contributed by atoms with Crippen LogP contribution in [-0.4, -0.2) is 20.8 Å². The highest BCUT2D eigenvalue weighted by Crippen LogP contribution is 2.08. The van der Waals surface area contributed by atoms with Gasteiger partial charge >= 0.3 is 6.16 Å². The largest absolute Gasteiger partial charge is 0.397 e. The van der Waals surface area contributed by atoms with Gasteiger partial charge in [0.1, 0.15) is 8.07 Å². The van der Waals surface area contributed by atoms with E-state index in [0.717, 1.165) is 19.3 Å². The number of halogens is 1. The van der Waals surface area contributed by atoms with Gasteiger partial charge in [0, 0.05) is 6.54 Å². The van der Waals surface area contributed by atoms with Crippen LogP contribution in [0, 0.1) is 0 Å². The predicted molar refractivity (Wildman–Crippen MR) is 81.2 cm³/mol. The van der Waals surface area contributed by atoms with Gasteiger partial charge in [-0.15, -0.1) is 11.0 Å². The third-order valence-corrected chi connectivity index (χ3v) is 6.21. The van der Waals surface area contributed by atoms with Crippen molar-refractivity contribution >= 4 is 19.4 Å². The number of nitrogens with one attached hydrogen (secondary N) is 1. The molecule has 2 nitrogen and oxygen atoms in total. The van der Waals surface area contributed by atoms with Crippen molar-refractivity contribution in [3.63, 3.8) is 0 Å². The van der Waals surface area contributed by atoms with Crippen molar-refractivity contribution in [2.75, 3.05) is 6.54 Å². The molecule has 0 fully saturated rings. The number of benzene rings is 1. The van der Waals surface area contributed by atoms with Gasteiger partial charge in [-0.2, -0.15) is 0 Å². The second-order valence-corrected chi connectivity index (χ2v) is 9.71. The van der Waals surface area contributed by atoms with Gasteiger partial charge in [0.05, 0.1) is 0 Å². The number of rotatable bonds is 7. The van der Waals surface area contributed by atoms with Gasteiger partial charge in [-0.05, 0) is 24.8 Å². The van der Waals surface area contributed by atoms with Crippen LogP contribution in [0.25, 0.3) is 0 Å². The Bertz CT molecular complexity index is 428. The Labute approximate surface area is 115 Å². The first-order valence-electron chi connectivity index (χ1n) is 6.62. The summed E-state index contributed by atoms with van der Waals surface area (Å²) in [6.45, 7) is 8.86. The standard InChI is InChI=1S/C15H22FNOSi/c1-4-19(2,3)14-10-8-13(9-11-14)7-5-6-12-17-15(16)18/h4,8-11H,1,5-7,12H2,2-3H3,(H,17,18). The first-order chi connectivity index (χ1) is 8.95. The summed E-state index contributed by atoms with van der Waals surface area (Å²) in [4.78, 5) is 10.1. The van der Waals surface area contributed by atoms with Gasteiger partial charge in [0.15, 0.2) is 0 Å². The fraction of sp³-hybridized carbons (Fsp3) is 0.400. The van der Waals surface area contributed by atoms with E-state index in [9.17, 15) is 9.18 Å². The van der Waals surface area contributed by atoms with Crippen molar-refractivity contribution in [1.29, 1.82) is 0 Å². The summed E-state index contributed by atoms with van der Waals surface area (Å²) in [5.41, 5.74) is 3.37. The molecule has 0 radical (unpaired) electrons. The maximum absolute atomic E-state index is 11.9. The van der Waals surface area contributed by atoms with Crippen molar-refractivity contribution in [3.8, 4) is 0 Å². The molecule has 0 spiro atoms. The molecule has 1 rings (SSSR count). The Balaban J connectivity index is 2.40. The van der Waals surface area contributed by atoms with Gasteiger partial charge in [-0.1, -0.05) is 48.2 Å². The van der Waals surface area contributed by atoms with Crippen LogP contribution in [0.15, 0.2) is 36.5 Å². The van der Waals surface area contributed by atoms with Crippen LogP contribution in [0.3, 0.4) is 0 Å². The van der Waals surface area contributed by atoms with E-state index in [0.29, 0.717) is 6.54 Å². The van der Waals surface area contributed by atoms with E-state index in [1.807, 2.05) is 0 Å². The zero-order valence-corrected chi connectivity index (χ0v) is 12.7. The lowest BCUT2D eigenvalue weighted by Crippen LogP contribution is -2.39. The number of carbonyl (C=O) groups excluding carboxylic acids is 1. The molecule has 0 unspecified atom stereocenters. The molecule has 1 N–H and O–H groups in total. The van der Waals surface area contributed by atoms with Gasteiger partial charge in [0.2, 0.25) is 0 Å². The summed E-state index contributed by atoms with van der Waals surface area (Å²) in [7, 11) is -1.46. The molecule has 0 aliphatic rings. The summed E-state index contributed by atoms with van der Waals surface area (Å²) < 4.78 is 11.9. The molecule has 0 saturated carbocycles. The topological polar surface area (TPSA) is 29.1 Å². The maximum Gasteiger partial charge on any atom is 0.397 e. The number of amides is 1. The second kappa shape index (κ2) is 7.24. The Morgan fingerprint density at radius 2 is 1.95 bits per heavy atom. The molecule has 104 valence electrons. The second-order valence-electron chi connectivity index (χ2n) is 5.28. The molecule has 0 bridgehead atoms. The summed E-state index contributed by atoms with van der Waals surface area (Å²) >= 11 is 0. The van der Waals surface area contributed by atoms with Crippen LogP contribution < -0.4 is 10.5 Å². The van der Waals surface area contributed by atoms with E-state index in [-0.39, 0.29) is 0 Å². The minimum absolute atomic E-state index is 0.407. The fourth-order valence-corrected chi connectivity index (χ4v) is 3.12. The molecule has 19 heavy (non-hydrogen) atoms. The van der Waals surface area contributed by atoms with E-state index in [2.05, 4.69) is 55.0 Å². The Kier molecular flexibility index (Phi) is 5.95. The van der Waals surface area contributed by atoms with Gasteiger partial charge in [-0.25, -0.2) is 4.79 Å². The van der Waals surface area contributed by atoms with Crippen molar-refractivity contribution in [2.24, 2.45) is 0 Å². The van der Waals surface area contributed by atoms with E-state index in [1.54, 1.807) is 0 Å². The molecule has 0 aromatic heterocycles. The Morgan fingerprint density at radius 3 is 2.47 bits per heavy atom. The molecule has 4 heteroatoms. The highest BCUT2D eigenvalue weighted by Gasteiger charge is 2.18. The van der Waals surface area contributed by atoms with Gasteiger partial charge in [-0.3, -0.25) is 0 Å². The van der Waals surface area contributed by atoms with E-state index < -0.39 is 14.2 Å². The molecule has 1 amide bonds. The first-order valence-corrected chi connectivity index (χ1v) is 9.70. The Morgan fingerprint density at radius 1 is 1.32 bits per heavy atom. The van der Waals surface area contributed by atoms with Crippen LogP contribution in [0.4, 0.5) is 9.18 Å². The molecular formula is C15H22FNOSi. The molecular weight excluding hydrogens is 257 g/mol. The smallest absolute Gasteiger partial charge is 0.328 e. The number of unbranched alkanes of at least 4 members (excludes halogenated alkanes) is 1. The normalized spacial score (nSPS) is 11.1. The highest BCUT2D eigenvalue weighted by atomic mass is 28.3. The van der Waals surface area contributed by atoms with Crippen LogP contribution in [0.2, 0.25) is 13.1 Å². The fourth-order valence-electron chi connectivity index (χ4n) is 1.86. The van der Waals surface area contributed by atoms with E-state index >= 15 is 0 Å². The van der Waals surface area contributed by atoms with Crippen molar-refractivity contribution < 1.29 is 9.18 Å². The number of carbonyl (C=O) groups is 1. The summed E-state index contributed by atoms with van der Waals surface area (Å²) in [5.74, 6) is 0. The summed E-state index contributed by atoms with van der Waals surface area (Å²) in [6.07, 6.45) is 1.26. The monoisotopic (exact) mass is 279 g/mol. The molecule has 1 aromatic rings. The van der Waals surface area contributed by atoms with Crippen molar-refractivity contribution in [3.05, 3.63) is 42.1 Å². The van der Waals surface area contributed by atoms with Crippen molar-refractivity contribution in [1.82, 2.24) is 5.32 Å². The molecule has 0 atom stereocenters. The van der Waals surface area contributed by atoms with Crippen LogP contribution >= 0.6 is 0 Å². The van der Waals surface area contributed by atoms with Crippen LogP contribution in [0.1, 0.15) is 18.4 Å². The quantitative estimate of drug-likeness (QED) is 0.353. The average Bonchev–Trinajstić information content (AvgIpc) is 2.38. The zero-order chi connectivity index (χ0) is 14.3. The van der Waals surface area contributed by atoms with Crippen molar-refractivity contribution in [2.45, 2.75) is 32.4 Å². The average molecular weight is 279 g/mol. The minimum Gasteiger partial charge on any atom is -0.328 e. The Hall–Kier alpha value is -1.42. The minimum atomic E-state index is -1.46. The first kappa shape index (κ1) is 15.6. The molecule has 0 saturated heterocycles.